The van der Waals surface area contributed by atoms with Crippen LogP contribution in [0, 0.1) is 5.92 Å². The highest BCUT2D eigenvalue weighted by Gasteiger charge is 2.46. The highest BCUT2D eigenvalue weighted by Crippen LogP contribution is 2.36. The molecule has 3 rings (SSSR count). The first kappa shape index (κ1) is 23.1. The molecule has 0 aliphatic carbocycles. The zero-order valence-electron chi connectivity index (χ0n) is 16.4. The molecule has 0 saturated carbocycles. The summed E-state index contributed by atoms with van der Waals surface area (Å²) in [5.41, 5.74) is 5.06. The number of likely N-dealkylation sites (tertiary alicyclic amines) is 1. The molecule has 1 aromatic heterocycles. The SMILES string of the molecule is CC1CC(F)(F)CN(C(=O)c2cc(Cl)ccc2N)C1CNc1ccc(C(F)(F)F)cn1. The van der Waals surface area contributed by atoms with Crippen molar-refractivity contribution in [2.45, 2.75) is 31.5 Å². The summed E-state index contributed by atoms with van der Waals surface area (Å²) in [6.45, 7) is 0.790. The van der Waals surface area contributed by atoms with Gasteiger partial charge in [0, 0.05) is 29.9 Å². The Kier molecular flexibility index (Phi) is 6.31. The predicted molar refractivity (Wildman–Crippen MR) is 107 cm³/mol. The van der Waals surface area contributed by atoms with Gasteiger partial charge in [-0.1, -0.05) is 18.5 Å². The van der Waals surface area contributed by atoms with Gasteiger partial charge in [0.2, 0.25) is 0 Å². The maximum Gasteiger partial charge on any atom is 0.417 e. The Balaban J connectivity index is 1.82. The fourth-order valence-corrected chi connectivity index (χ4v) is 3.79. The average Bonchev–Trinajstić information content (AvgIpc) is 2.67. The molecule has 1 aromatic carbocycles. The number of nitrogens with zero attached hydrogens (tertiary/aromatic N) is 2. The van der Waals surface area contributed by atoms with E-state index in [0.29, 0.717) is 6.20 Å². The third kappa shape index (κ3) is 5.36. The van der Waals surface area contributed by atoms with Crippen molar-refractivity contribution in [1.82, 2.24) is 9.88 Å². The van der Waals surface area contributed by atoms with Crippen LogP contribution in [0.3, 0.4) is 0 Å². The molecule has 1 saturated heterocycles. The minimum absolute atomic E-state index is 0.00931. The molecule has 1 fully saturated rings. The Morgan fingerprint density at radius 1 is 1.32 bits per heavy atom. The number of benzene rings is 1. The number of pyridine rings is 1. The molecular weight excluding hydrogens is 443 g/mol. The van der Waals surface area contributed by atoms with E-state index in [1.165, 1.54) is 18.2 Å². The summed E-state index contributed by atoms with van der Waals surface area (Å²) in [6.07, 6.45) is -4.28. The largest absolute Gasteiger partial charge is 0.417 e. The number of rotatable bonds is 4. The van der Waals surface area contributed by atoms with Crippen LogP contribution in [0.4, 0.5) is 33.5 Å². The lowest BCUT2D eigenvalue weighted by atomic mass is 9.87. The van der Waals surface area contributed by atoms with Crippen molar-refractivity contribution in [2.75, 3.05) is 24.1 Å². The maximum absolute atomic E-state index is 14.3. The molecule has 5 nitrogen and oxygen atoms in total. The fourth-order valence-electron chi connectivity index (χ4n) is 3.62. The van der Waals surface area contributed by atoms with Crippen LogP contribution in [-0.2, 0) is 6.18 Å². The molecule has 1 aliphatic heterocycles. The number of halogens is 6. The van der Waals surface area contributed by atoms with E-state index < -0.39 is 48.5 Å². The average molecular weight is 463 g/mol. The zero-order chi connectivity index (χ0) is 23.0. The summed E-state index contributed by atoms with van der Waals surface area (Å²) in [6, 6.07) is 5.56. The highest BCUT2D eigenvalue weighted by molar-refractivity contribution is 6.31. The number of hydrogen-bond donors (Lipinski definition) is 2. The van der Waals surface area contributed by atoms with Crippen LogP contribution in [0.1, 0.15) is 29.3 Å². The van der Waals surface area contributed by atoms with Crippen molar-refractivity contribution >= 4 is 29.0 Å². The van der Waals surface area contributed by atoms with Crippen molar-refractivity contribution in [3.63, 3.8) is 0 Å². The molecule has 2 aromatic rings. The van der Waals surface area contributed by atoms with Crippen molar-refractivity contribution in [3.8, 4) is 0 Å². The van der Waals surface area contributed by atoms with Crippen LogP contribution >= 0.6 is 11.6 Å². The number of nitrogens with one attached hydrogen (secondary N) is 1. The first-order chi connectivity index (χ1) is 14.4. The molecule has 1 amide bonds. The number of amides is 1. The van der Waals surface area contributed by atoms with E-state index in [9.17, 15) is 26.7 Å². The van der Waals surface area contributed by atoms with Crippen molar-refractivity contribution < 1.29 is 26.7 Å². The van der Waals surface area contributed by atoms with Crippen molar-refractivity contribution in [1.29, 1.82) is 0 Å². The van der Waals surface area contributed by atoms with E-state index in [1.807, 2.05) is 0 Å². The summed E-state index contributed by atoms with van der Waals surface area (Å²) >= 11 is 5.93. The number of alkyl halides is 5. The maximum atomic E-state index is 14.3. The van der Waals surface area contributed by atoms with Crippen LogP contribution < -0.4 is 11.1 Å². The lowest BCUT2D eigenvalue weighted by Crippen LogP contribution is -2.57. The number of carbonyl (C=O) groups is 1. The van der Waals surface area contributed by atoms with Gasteiger partial charge in [-0.15, -0.1) is 0 Å². The number of hydrogen-bond acceptors (Lipinski definition) is 4. The minimum Gasteiger partial charge on any atom is -0.398 e. The second kappa shape index (κ2) is 8.49. The van der Waals surface area contributed by atoms with E-state index in [0.717, 1.165) is 17.0 Å². The summed E-state index contributed by atoms with van der Waals surface area (Å²) in [7, 11) is 0. The van der Waals surface area contributed by atoms with E-state index in [-0.39, 0.29) is 28.6 Å². The van der Waals surface area contributed by atoms with E-state index >= 15 is 0 Å². The molecule has 11 heteroatoms. The number of piperidine rings is 1. The molecular formula is C20H20ClF5N4O. The molecule has 1 aliphatic rings. The van der Waals surface area contributed by atoms with E-state index in [2.05, 4.69) is 10.3 Å². The van der Waals surface area contributed by atoms with Gasteiger partial charge in [-0.2, -0.15) is 13.2 Å². The standard InChI is InChI=1S/C20H20ClF5N4O/c1-11-7-19(22,23)10-30(18(31)14-6-13(21)3-4-15(14)27)16(11)9-29-17-5-2-12(8-28-17)20(24,25)26/h2-6,8,11,16H,7,9-10,27H2,1H3,(H,28,29). The molecule has 2 atom stereocenters. The quantitative estimate of drug-likeness (QED) is 0.499. The number of nitrogen functional groups attached to an aromatic ring is 1. The lowest BCUT2D eigenvalue weighted by Gasteiger charge is -2.43. The van der Waals surface area contributed by atoms with Crippen molar-refractivity contribution in [3.05, 3.63) is 52.7 Å². The van der Waals surface area contributed by atoms with Crippen LogP contribution in [-0.4, -0.2) is 40.8 Å². The fraction of sp³-hybridized carbons (Fsp3) is 0.400. The normalized spacial score (nSPS) is 21.1. The Bertz CT molecular complexity index is 952. The van der Waals surface area contributed by atoms with Gasteiger partial charge in [-0.05, 0) is 36.2 Å². The smallest absolute Gasteiger partial charge is 0.398 e. The molecule has 0 spiro atoms. The van der Waals surface area contributed by atoms with Crippen LogP contribution in [0.15, 0.2) is 36.5 Å². The van der Waals surface area contributed by atoms with Crippen molar-refractivity contribution in [2.24, 2.45) is 5.92 Å². The Morgan fingerprint density at radius 2 is 2.03 bits per heavy atom. The summed E-state index contributed by atoms with van der Waals surface area (Å²) in [5.74, 6) is -4.26. The van der Waals surface area contributed by atoms with Gasteiger partial charge >= 0.3 is 6.18 Å². The van der Waals surface area contributed by atoms with Gasteiger partial charge in [0.25, 0.3) is 11.8 Å². The molecule has 3 N–H and O–H groups in total. The third-order valence-electron chi connectivity index (χ3n) is 5.17. The molecule has 0 bridgehead atoms. The topological polar surface area (TPSA) is 71.2 Å². The number of carbonyl (C=O) groups excluding carboxylic acids is 1. The molecule has 2 heterocycles. The van der Waals surface area contributed by atoms with Crippen LogP contribution in [0.2, 0.25) is 5.02 Å². The van der Waals surface area contributed by atoms with Gasteiger partial charge in [-0.25, -0.2) is 13.8 Å². The first-order valence-corrected chi connectivity index (χ1v) is 9.76. The van der Waals surface area contributed by atoms with Gasteiger partial charge in [-0.3, -0.25) is 4.79 Å². The van der Waals surface area contributed by atoms with Gasteiger partial charge in [0.05, 0.1) is 23.7 Å². The summed E-state index contributed by atoms with van der Waals surface area (Å²) in [4.78, 5) is 17.8. The third-order valence-corrected chi connectivity index (χ3v) is 5.40. The minimum atomic E-state index is -4.52. The first-order valence-electron chi connectivity index (χ1n) is 9.38. The van der Waals surface area contributed by atoms with Crippen LogP contribution in [0.5, 0.6) is 0 Å². The number of nitrogens with two attached hydrogens (primary N) is 1. The summed E-state index contributed by atoms with van der Waals surface area (Å²) in [5, 5.41) is 3.07. The van der Waals surface area contributed by atoms with E-state index in [4.69, 9.17) is 17.3 Å². The number of anilines is 2. The Morgan fingerprint density at radius 3 is 2.65 bits per heavy atom. The molecule has 2 unspecified atom stereocenters. The number of aromatic nitrogens is 1. The predicted octanol–water partition coefficient (Wildman–Crippen LogP) is 4.93. The lowest BCUT2D eigenvalue weighted by molar-refractivity contribution is -0.137. The second-order valence-corrected chi connectivity index (χ2v) is 8.02. The molecule has 168 valence electrons. The summed E-state index contributed by atoms with van der Waals surface area (Å²) < 4.78 is 66.6. The van der Waals surface area contributed by atoms with Gasteiger partial charge < -0.3 is 16.0 Å². The van der Waals surface area contributed by atoms with Gasteiger partial charge in [0.1, 0.15) is 5.82 Å². The van der Waals surface area contributed by atoms with Gasteiger partial charge in [0.15, 0.2) is 0 Å². The molecule has 0 radical (unpaired) electrons. The zero-order valence-corrected chi connectivity index (χ0v) is 17.1. The monoisotopic (exact) mass is 462 g/mol. The molecule has 31 heavy (non-hydrogen) atoms. The second-order valence-electron chi connectivity index (χ2n) is 7.58. The van der Waals surface area contributed by atoms with E-state index in [1.54, 1.807) is 6.92 Å². The Hall–Kier alpha value is -2.62. The highest BCUT2D eigenvalue weighted by atomic mass is 35.5. The van der Waals surface area contributed by atoms with Crippen LogP contribution in [0.25, 0.3) is 0 Å². The Labute approximate surface area is 180 Å².